The first-order chi connectivity index (χ1) is 12.7. The first kappa shape index (κ1) is 17.6. The van der Waals surface area contributed by atoms with E-state index in [4.69, 9.17) is 4.74 Å². The molecule has 0 bridgehead atoms. The summed E-state index contributed by atoms with van der Waals surface area (Å²) in [5, 5.41) is 8.24. The van der Waals surface area contributed by atoms with Crippen LogP contribution in [0.5, 0.6) is 0 Å². The number of rotatable bonds is 7. The van der Waals surface area contributed by atoms with Crippen molar-refractivity contribution < 1.29 is 18.8 Å². The van der Waals surface area contributed by atoms with Gasteiger partial charge in [-0.1, -0.05) is 35.5 Å². The van der Waals surface area contributed by atoms with Crippen molar-refractivity contribution in [2.45, 2.75) is 0 Å². The third kappa shape index (κ3) is 4.25. The van der Waals surface area contributed by atoms with Gasteiger partial charge >= 0.3 is 0 Å². The van der Waals surface area contributed by atoms with E-state index in [0.29, 0.717) is 24.5 Å². The molecule has 2 aromatic carbocycles. The summed E-state index contributed by atoms with van der Waals surface area (Å²) in [6.45, 7) is 0.521. The van der Waals surface area contributed by atoms with Crippen LogP contribution in [0.3, 0.4) is 0 Å². The van der Waals surface area contributed by atoms with Crippen molar-refractivity contribution in [2.24, 2.45) is 0 Å². The average molecular weight is 353 g/mol. The summed E-state index contributed by atoms with van der Waals surface area (Å²) in [7, 11) is 1.55. The van der Waals surface area contributed by atoms with E-state index in [1.807, 2.05) is 36.4 Å². The van der Waals surface area contributed by atoms with E-state index >= 15 is 0 Å². The fraction of sp³-hybridized carbons (Fsp3) is 0.211. The van der Waals surface area contributed by atoms with Crippen LogP contribution in [0.4, 0.5) is 5.82 Å². The fourth-order valence-electron chi connectivity index (χ4n) is 2.59. The molecule has 0 radical (unpaired) electrons. The number of carbonyl (C=O) groups excluding carboxylic acids is 2. The summed E-state index contributed by atoms with van der Waals surface area (Å²) in [5.41, 5.74) is 0.522. The molecule has 7 heteroatoms. The second kappa shape index (κ2) is 8.26. The number of anilines is 1. The molecule has 0 aliphatic heterocycles. The molecule has 26 heavy (non-hydrogen) atoms. The smallest absolute Gasteiger partial charge is 0.254 e. The predicted octanol–water partition coefficient (Wildman–Crippen LogP) is 2.56. The van der Waals surface area contributed by atoms with Gasteiger partial charge in [0.15, 0.2) is 5.82 Å². The fourth-order valence-corrected chi connectivity index (χ4v) is 2.59. The van der Waals surface area contributed by atoms with Gasteiger partial charge in [-0.25, -0.2) is 0 Å². The maximum absolute atomic E-state index is 12.9. The molecule has 0 aliphatic rings. The van der Waals surface area contributed by atoms with Crippen LogP contribution in [0.15, 0.2) is 59.3 Å². The largest absolute Gasteiger partial charge is 0.383 e. The molecular formula is C19H19N3O4. The number of methoxy groups -OCH3 is 1. The topological polar surface area (TPSA) is 84.7 Å². The van der Waals surface area contributed by atoms with E-state index in [1.54, 1.807) is 13.2 Å². The van der Waals surface area contributed by atoms with Gasteiger partial charge in [-0.3, -0.25) is 9.59 Å². The Labute approximate surface area is 150 Å². The molecule has 0 saturated carbocycles. The second-order valence-electron chi connectivity index (χ2n) is 5.71. The Balaban J connectivity index is 1.76. The predicted molar refractivity (Wildman–Crippen MR) is 96.9 cm³/mol. The summed E-state index contributed by atoms with van der Waals surface area (Å²) in [4.78, 5) is 26.5. The summed E-state index contributed by atoms with van der Waals surface area (Å²) in [5.74, 6) is -0.285. The highest BCUT2D eigenvalue weighted by Crippen LogP contribution is 2.17. The molecule has 1 heterocycles. The van der Waals surface area contributed by atoms with Gasteiger partial charge in [-0.05, 0) is 22.9 Å². The highest BCUT2D eigenvalue weighted by atomic mass is 16.5. The summed E-state index contributed by atoms with van der Waals surface area (Å²) in [6, 6.07) is 14.8. The first-order valence-corrected chi connectivity index (χ1v) is 8.14. The molecule has 0 aliphatic carbocycles. The van der Waals surface area contributed by atoms with Crippen molar-refractivity contribution in [1.82, 2.24) is 10.1 Å². The van der Waals surface area contributed by atoms with Gasteiger partial charge in [0.05, 0.1) is 6.61 Å². The molecule has 134 valence electrons. The molecule has 3 aromatic rings. The van der Waals surface area contributed by atoms with Crippen molar-refractivity contribution in [3.05, 3.63) is 60.4 Å². The maximum atomic E-state index is 12.9. The van der Waals surface area contributed by atoms with E-state index in [0.717, 1.165) is 10.8 Å². The Hall–Kier alpha value is -3.19. The standard InChI is InChI=1S/C19H19N3O4/c1-25-11-9-22(13-18(23)20-17-8-10-26-21-17)19(24)16-7-6-14-4-2-3-5-15(14)12-16/h2-8,10,12H,9,11,13H2,1H3,(H,20,21,23). The van der Waals surface area contributed by atoms with Gasteiger partial charge in [0.25, 0.3) is 5.91 Å². The van der Waals surface area contributed by atoms with E-state index < -0.39 is 0 Å². The van der Waals surface area contributed by atoms with Crippen molar-refractivity contribution >= 4 is 28.4 Å². The van der Waals surface area contributed by atoms with Crippen LogP contribution in [0.1, 0.15) is 10.4 Å². The first-order valence-electron chi connectivity index (χ1n) is 8.14. The van der Waals surface area contributed by atoms with E-state index in [1.165, 1.54) is 17.2 Å². The lowest BCUT2D eigenvalue weighted by Crippen LogP contribution is -2.40. The molecule has 1 N–H and O–H groups in total. The number of hydrogen-bond acceptors (Lipinski definition) is 5. The van der Waals surface area contributed by atoms with E-state index in [-0.39, 0.29) is 18.4 Å². The quantitative estimate of drug-likeness (QED) is 0.706. The van der Waals surface area contributed by atoms with Crippen LogP contribution < -0.4 is 5.32 Å². The second-order valence-corrected chi connectivity index (χ2v) is 5.71. The van der Waals surface area contributed by atoms with Gasteiger partial charge in [-0.15, -0.1) is 0 Å². The van der Waals surface area contributed by atoms with E-state index in [2.05, 4.69) is 15.0 Å². The Morgan fingerprint density at radius 1 is 1.15 bits per heavy atom. The Bertz CT molecular complexity index is 893. The van der Waals surface area contributed by atoms with Crippen LogP contribution in [0.25, 0.3) is 10.8 Å². The lowest BCUT2D eigenvalue weighted by atomic mass is 10.1. The lowest BCUT2D eigenvalue weighted by molar-refractivity contribution is -0.117. The van der Waals surface area contributed by atoms with Crippen molar-refractivity contribution in [2.75, 3.05) is 32.1 Å². The van der Waals surface area contributed by atoms with Crippen molar-refractivity contribution in [3.63, 3.8) is 0 Å². The summed E-state index contributed by atoms with van der Waals surface area (Å²) < 4.78 is 9.74. The molecular weight excluding hydrogens is 334 g/mol. The van der Waals surface area contributed by atoms with Crippen LogP contribution in [0.2, 0.25) is 0 Å². The number of ether oxygens (including phenoxy) is 1. The van der Waals surface area contributed by atoms with Gasteiger partial charge in [0, 0.05) is 25.3 Å². The zero-order valence-electron chi connectivity index (χ0n) is 14.3. The van der Waals surface area contributed by atoms with Gasteiger partial charge < -0.3 is 19.5 Å². The lowest BCUT2D eigenvalue weighted by Gasteiger charge is -2.22. The monoisotopic (exact) mass is 353 g/mol. The molecule has 7 nitrogen and oxygen atoms in total. The summed E-state index contributed by atoms with van der Waals surface area (Å²) in [6.07, 6.45) is 1.36. The molecule has 0 saturated heterocycles. The third-order valence-corrected chi connectivity index (χ3v) is 3.89. The SMILES string of the molecule is COCCN(CC(=O)Nc1ccon1)C(=O)c1ccc2ccccc2c1. The number of carbonyl (C=O) groups is 2. The molecule has 0 atom stereocenters. The normalized spacial score (nSPS) is 10.7. The van der Waals surface area contributed by atoms with Crippen molar-refractivity contribution in [3.8, 4) is 0 Å². The van der Waals surface area contributed by atoms with Gasteiger partial charge in [-0.2, -0.15) is 0 Å². The maximum Gasteiger partial charge on any atom is 0.254 e. The Morgan fingerprint density at radius 2 is 1.96 bits per heavy atom. The molecule has 0 unspecified atom stereocenters. The molecule has 1 aromatic heterocycles. The molecule has 3 rings (SSSR count). The highest BCUT2D eigenvalue weighted by molar-refractivity contribution is 6.01. The van der Waals surface area contributed by atoms with Crippen molar-refractivity contribution in [1.29, 1.82) is 0 Å². The van der Waals surface area contributed by atoms with Gasteiger partial charge in [0.1, 0.15) is 12.8 Å². The zero-order valence-corrected chi connectivity index (χ0v) is 14.3. The Morgan fingerprint density at radius 3 is 2.69 bits per heavy atom. The minimum atomic E-state index is -0.357. The van der Waals surface area contributed by atoms with Crippen LogP contribution >= 0.6 is 0 Å². The molecule has 0 fully saturated rings. The Kier molecular flexibility index (Phi) is 5.60. The third-order valence-electron chi connectivity index (χ3n) is 3.89. The van der Waals surface area contributed by atoms with Crippen LogP contribution in [-0.2, 0) is 9.53 Å². The number of benzene rings is 2. The number of amides is 2. The number of aromatic nitrogens is 1. The van der Waals surface area contributed by atoms with Crippen LogP contribution in [-0.4, -0.2) is 48.7 Å². The number of fused-ring (bicyclic) bond motifs is 1. The zero-order chi connectivity index (χ0) is 18.4. The number of hydrogen-bond donors (Lipinski definition) is 1. The van der Waals surface area contributed by atoms with Crippen LogP contribution in [0, 0.1) is 0 Å². The highest BCUT2D eigenvalue weighted by Gasteiger charge is 2.19. The van der Waals surface area contributed by atoms with Gasteiger partial charge in [0.2, 0.25) is 5.91 Å². The molecule has 0 spiro atoms. The minimum Gasteiger partial charge on any atom is -0.383 e. The summed E-state index contributed by atoms with van der Waals surface area (Å²) >= 11 is 0. The number of nitrogens with one attached hydrogen (secondary N) is 1. The number of nitrogens with zero attached hydrogens (tertiary/aromatic N) is 2. The molecule has 2 amide bonds. The minimum absolute atomic E-state index is 0.109. The average Bonchev–Trinajstić information content (AvgIpc) is 3.17. The van der Waals surface area contributed by atoms with E-state index in [9.17, 15) is 9.59 Å².